The Balaban J connectivity index is 2.05. The van der Waals surface area contributed by atoms with Crippen LogP contribution in [0.25, 0.3) is 0 Å². The summed E-state index contributed by atoms with van der Waals surface area (Å²) in [6, 6.07) is 2.15. The molecule has 1 aromatic rings. The van der Waals surface area contributed by atoms with Gasteiger partial charge >= 0.3 is 6.03 Å². The molecule has 0 saturated carbocycles. The summed E-state index contributed by atoms with van der Waals surface area (Å²) < 4.78 is 0. The van der Waals surface area contributed by atoms with Crippen LogP contribution < -0.4 is 0 Å². The van der Waals surface area contributed by atoms with E-state index in [1.807, 2.05) is 25.5 Å². The van der Waals surface area contributed by atoms with Crippen molar-refractivity contribution in [2.75, 3.05) is 26.7 Å². The summed E-state index contributed by atoms with van der Waals surface area (Å²) in [5, 5.41) is 8.77. The van der Waals surface area contributed by atoms with Crippen LogP contribution in [0, 0.1) is 0 Å². The lowest BCUT2D eigenvalue weighted by Crippen LogP contribution is -2.30. The normalized spacial score (nSPS) is 20.9. The van der Waals surface area contributed by atoms with Crippen LogP contribution in [0.1, 0.15) is 18.0 Å². The molecule has 16 heavy (non-hydrogen) atoms. The molecule has 1 aliphatic heterocycles. The van der Waals surface area contributed by atoms with Gasteiger partial charge in [-0.25, -0.2) is 4.79 Å². The number of nitrogens with one attached hydrogen (secondary N) is 1. The number of aliphatic hydroxyl groups excluding tert-OH is 1. The molecule has 5 heteroatoms. The molecule has 0 aromatic carbocycles. The Morgan fingerprint density at radius 3 is 3.06 bits per heavy atom. The molecule has 0 aliphatic carbocycles. The highest BCUT2D eigenvalue weighted by molar-refractivity contribution is 5.77. The number of hydrogen-bond donors (Lipinski definition) is 2. The van der Waals surface area contributed by atoms with Crippen LogP contribution in [0.4, 0.5) is 4.79 Å². The number of H-pyrrole nitrogens is 1. The Hall–Kier alpha value is -1.49. The van der Waals surface area contributed by atoms with Crippen LogP contribution in [0.3, 0.4) is 0 Å². The Bertz CT molecular complexity index is 350. The van der Waals surface area contributed by atoms with Crippen LogP contribution >= 0.6 is 0 Å². The Morgan fingerprint density at radius 1 is 1.62 bits per heavy atom. The molecule has 88 valence electrons. The minimum atomic E-state index is 0.0413. The first-order chi connectivity index (χ1) is 7.74. The molecule has 2 heterocycles. The third-order valence-electron chi connectivity index (χ3n) is 3.03. The monoisotopic (exact) mass is 223 g/mol. The lowest BCUT2D eigenvalue weighted by molar-refractivity contribution is 0.191. The molecular weight excluding hydrogens is 206 g/mol. The van der Waals surface area contributed by atoms with Gasteiger partial charge in [-0.15, -0.1) is 0 Å². The van der Waals surface area contributed by atoms with Crippen molar-refractivity contribution in [3.8, 4) is 0 Å². The maximum absolute atomic E-state index is 11.9. The number of aliphatic hydroxyl groups is 1. The van der Waals surface area contributed by atoms with E-state index in [0.717, 1.165) is 5.56 Å². The third kappa shape index (κ3) is 1.90. The summed E-state index contributed by atoms with van der Waals surface area (Å²) in [5.41, 5.74) is 1.13. The highest BCUT2D eigenvalue weighted by Crippen LogP contribution is 2.27. The van der Waals surface area contributed by atoms with Gasteiger partial charge in [0, 0.05) is 39.1 Å². The first-order valence-corrected chi connectivity index (χ1v) is 5.49. The molecule has 0 bridgehead atoms. The topological polar surface area (TPSA) is 59.6 Å². The maximum atomic E-state index is 11.9. The average Bonchev–Trinajstić information content (AvgIpc) is 2.88. The van der Waals surface area contributed by atoms with Crippen molar-refractivity contribution in [1.82, 2.24) is 14.8 Å². The summed E-state index contributed by atoms with van der Waals surface area (Å²) in [7, 11) is 1.82. The summed E-state index contributed by atoms with van der Waals surface area (Å²) in [4.78, 5) is 18.4. The van der Waals surface area contributed by atoms with Gasteiger partial charge in [-0.05, 0) is 18.1 Å². The SMILES string of the molecule is CN1C(=O)N(CCCO)CC1c1cc[nH]c1. The smallest absolute Gasteiger partial charge is 0.320 e. The Morgan fingerprint density at radius 2 is 2.44 bits per heavy atom. The largest absolute Gasteiger partial charge is 0.396 e. The molecule has 1 unspecified atom stereocenters. The average molecular weight is 223 g/mol. The fourth-order valence-electron chi connectivity index (χ4n) is 2.09. The van der Waals surface area contributed by atoms with Crippen molar-refractivity contribution in [2.45, 2.75) is 12.5 Å². The van der Waals surface area contributed by atoms with E-state index in [1.54, 1.807) is 9.80 Å². The number of aromatic amines is 1. The Labute approximate surface area is 94.7 Å². The zero-order chi connectivity index (χ0) is 11.5. The molecule has 1 saturated heterocycles. The van der Waals surface area contributed by atoms with Gasteiger partial charge < -0.3 is 19.9 Å². The number of aromatic nitrogens is 1. The maximum Gasteiger partial charge on any atom is 0.320 e. The van der Waals surface area contributed by atoms with Gasteiger partial charge in [-0.3, -0.25) is 0 Å². The van der Waals surface area contributed by atoms with Gasteiger partial charge in [-0.2, -0.15) is 0 Å². The predicted molar refractivity (Wildman–Crippen MR) is 60.0 cm³/mol. The van der Waals surface area contributed by atoms with Gasteiger partial charge in [0.1, 0.15) is 0 Å². The van der Waals surface area contributed by atoms with Crippen molar-refractivity contribution < 1.29 is 9.90 Å². The van der Waals surface area contributed by atoms with E-state index in [-0.39, 0.29) is 18.7 Å². The van der Waals surface area contributed by atoms with E-state index in [0.29, 0.717) is 19.5 Å². The molecular formula is C11H17N3O2. The van der Waals surface area contributed by atoms with Crippen LogP contribution in [-0.2, 0) is 0 Å². The number of amides is 2. The highest BCUT2D eigenvalue weighted by Gasteiger charge is 2.34. The molecule has 5 nitrogen and oxygen atoms in total. The van der Waals surface area contributed by atoms with Crippen LogP contribution in [0.2, 0.25) is 0 Å². The van der Waals surface area contributed by atoms with E-state index in [9.17, 15) is 4.79 Å². The van der Waals surface area contributed by atoms with Crippen LogP contribution in [-0.4, -0.2) is 52.7 Å². The number of carbonyl (C=O) groups excluding carboxylic acids is 1. The summed E-state index contributed by atoms with van der Waals surface area (Å²) >= 11 is 0. The highest BCUT2D eigenvalue weighted by atomic mass is 16.3. The summed E-state index contributed by atoms with van der Waals surface area (Å²) in [5.74, 6) is 0. The Kier molecular flexibility index (Phi) is 3.14. The van der Waals surface area contributed by atoms with Crippen molar-refractivity contribution in [1.29, 1.82) is 0 Å². The fraction of sp³-hybridized carbons (Fsp3) is 0.545. The molecule has 0 radical (unpaired) electrons. The van der Waals surface area contributed by atoms with Crippen molar-refractivity contribution in [3.63, 3.8) is 0 Å². The second kappa shape index (κ2) is 4.57. The van der Waals surface area contributed by atoms with Gasteiger partial charge in [0.2, 0.25) is 0 Å². The molecule has 0 spiro atoms. The minimum absolute atomic E-state index is 0.0413. The summed E-state index contributed by atoms with van der Waals surface area (Å²) in [6.07, 6.45) is 4.42. The molecule has 1 atom stereocenters. The number of likely N-dealkylation sites (N-methyl/N-ethyl adjacent to an activating group) is 1. The van der Waals surface area contributed by atoms with Gasteiger partial charge in [0.15, 0.2) is 0 Å². The molecule has 2 rings (SSSR count). The first kappa shape index (κ1) is 11.0. The minimum Gasteiger partial charge on any atom is -0.396 e. The number of carbonyl (C=O) groups is 1. The lowest BCUT2D eigenvalue weighted by atomic mass is 10.1. The number of nitrogens with zero attached hydrogens (tertiary/aromatic N) is 2. The van der Waals surface area contributed by atoms with Gasteiger partial charge in [0.05, 0.1) is 6.04 Å². The van der Waals surface area contributed by atoms with Crippen molar-refractivity contribution in [2.24, 2.45) is 0 Å². The van der Waals surface area contributed by atoms with E-state index in [4.69, 9.17) is 5.11 Å². The predicted octanol–water partition coefficient (Wildman–Crippen LogP) is 0.806. The number of hydrogen-bond acceptors (Lipinski definition) is 2. The molecule has 1 fully saturated rings. The quantitative estimate of drug-likeness (QED) is 0.793. The third-order valence-corrected chi connectivity index (χ3v) is 3.03. The van der Waals surface area contributed by atoms with E-state index >= 15 is 0 Å². The zero-order valence-electron chi connectivity index (χ0n) is 9.39. The van der Waals surface area contributed by atoms with Crippen molar-refractivity contribution >= 4 is 6.03 Å². The molecule has 2 N–H and O–H groups in total. The first-order valence-electron chi connectivity index (χ1n) is 5.49. The van der Waals surface area contributed by atoms with E-state index in [1.165, 1.54) is 0 Å². The standard InChI is InChI=1S/C11H17N3O2/c1-13-10(9-3-4-12-7-9)8-14(11(13)16)5-2-6-15/h3-4,7,10,12,15H,2,5-6,8H2,1H3. The zero-order valence-corrected chi connectivity index (χ0v) is 9.39. The van der Waals surface area contributed by atoms with E-state index in [2.05, 4.69) is 4.98 Å². The summed E-state index contributed by atoms with van der Waals surface area (Å²) in [6.45, 7) is 1.45. The molecule has 2 amide bonds. The van der Waals surface area contributed by atoms with Crippen LogP contribution in [0.15, 0.2) is 18.5 Å². The van der Waals surface area contributed by atoms with Crippen LogP contribution in [0.5, 0.6) is 0 Å². The number of rotatable bonds is 4. The number of urea groups is 1. The molecule has 1 aromatic heterocycles. The second-order valence-electron chi connectivity index (χ2n) is 4.08. The van der Waals surface area contributed by atoms with Gasteiger partial charge in [0.25, 0.3) is 0 Å². The second-order valence-corrected chi connectivity index (χ2v) is 4.08. The lowest BCUT2D eigenvalue weighted by Gasteiger charge is -2.16. The van der Waals surface area contributed by atoms with Gasteiger partial charge in [-0.1, -0.05) is 0 Å². The molecule has 1 aliphatic rings. The van der Waals surface area contributed by atoms with Crippen molar-refractivity contribution in [3.05, 3.63) is 24.0 Å². The van der Waals surface area contributed by atoms with E-state index < -0.39 is 0 Å². The fourth-order valence-corrected chi connectivity index (χ4v) is 2.09.